The number of sulfone groups is 1. The number of nitrogens with one attached hydrogen (secondary N) is 1. The van der Waals surface area contributed by atoms with Crippen LogP contribution in [0.15, 0.2) is 70.6 Å². The zero-order valence-electron chi connectivity index (χ0n) is 11.4. The number of nitriles is 1. The van der Waals surface area contributed by atoms with Crippen molar-refractivity contribution in [1.29, 1.82) is 5.26 Å². The third-order valence-corrected chi connectivity index (χ3v) is 4.89. The fourth-order valence-corrected chi connectivity index (χ4v) is 3.23. The second-order valence-electron chi connectivity index (χ2n) is 4.62. The van der Waals surface area contributed by atoms with E-state index in [0.29, 0.717) is 11.3 Å². The van der Waals surface area contributed by atoms with Gasteiger partial charge in [-0.15, -0.1) is 0 Å². The van der Waals surface area contributed by atoms with Crippen LogP contribution in [0.4, 0.5) is 0 Å². The first-order valence-electron chi connectivity index (χ1n) is 6.47. The summed E-state index contributed by atoms with van der Waals surface area (Å²) in [4.78, 5) is 0.213. The zero-order chi connectivity index (χ0) is 15.6. The van der Waals surface area contributed by atoms with Crippen molar-refractivity contribution in [3.05, 3.63) is 66.2 Å². The molecule has 0 unspecified atom stereocenters. The van der Waals surface area contributed by atoms with Crippen molar-refractivity contribution in [1.82, 2.24) is 10.2 Å². The number of aromatic amines is 1. The Morgan fingerprint density at radius 3 is 2.32 bits per heavy atom. The molecular formula is C16H11N3O2S. The van der Waals surface area contributed by atoms with Gasteiger partial charge >= 0.3 is 0 Å². The molecule has 0 amide bonds. The topological polar surface area (TPSA) is 86.6 Å². The Labute approximate surface area is 127 Å². The zero-order valence-corrected chi connectivity index (χ0v) is 12.2. The number of H-pyrrole nitrogens is 1. The molecule has 1 heterocycles. The van der Waals surface area contributed by atoms with Gasteiger partial charge in [0.1, 0.15) is 0 Å². The minimum atomic E-state index is -3.61. The van der Waals surface area contributed by atoms with Crippen LogP contribution in [-0.4, -0.2) is 18.6 Å². The van der Waals surface area contributed by atoms with Crippen LogP contribution >= 0.6 is 0 Å². The van der Waals surface area contributed by atoms with E-state index in [1.165, 1.54) is 18.2 Å². The van der Waals surface area contributed by atoms with Crippen molar-refractivity contribution in [3.63, 3.8) is 0 Å². The lowest BCUT2D eigenvalue weighted by Crippen LogP contribution is -2.01. The average Bonchev–Trinajstić information content (AvgIpc) is 3.06. The van der Waals surface area contributed by atoms with Crippen LogP contribution in [0.3, 0.4) is 0 Å². The van der Waals surface area contributed by atoms with E-state index in [2.05, 4.69) is 10.2 Å². The third-order valence-electron chi connectivity index (χ3n) is 3.21. The first kappa shape index (κ1) is 14.0. The normalized spacial score (nSPS) is 11.0. The van der Waals surface area contributed by atoms with Crippen molar-refractivity contribution in [3.8, 4) is 17.3 Å². The van der Waals surface area contributed by atoms with Crippen LogP contribution in [0.1, 0.15) is 5.56 Å². The van der Waals surface area contributed by atoms with Gasteiger partial charge in [-0.05, 0) is 24.3 Å². The van der Waals surface area contributed by atoms with Crippen molar-refractivity contribution in [2.75, 3.05) is 0 Å². The first-order chi connectivity index (χ1) is 10.6. The van der Waals surface area contributed by atoms with E-state index < -0.39 is 9.84 Å². The van der Waals surface area contributed by atoms with E-state index in [1.54, 1.807) is 42.5 Å². The maximum atomic E-state index is 12.5. The molecule has 1 N–H and O–H groups in total. The molecular weight excluding hydrogens is 298 g/mol. The summed E-state index contributed by atoms with van der Waals surface area (Å²) in [5.41, 5.74) is 1.79. The molecule has 6 heteroatoms. The maximum absolute atomic E-state index is 12.5. The van der Waals surface area contributed by atoms with E-state index >= 15 is 0 Å². The summed E-state index contributed by atoms with van der Waals surface area (Å²) >= 11 is 0. The maximum Gasteiger partial charge on any atom is 0.223 e. The van der Waals surface area contributed by atoms with E-state index in [-0.39, 0.29) is 9.92 Å². The lowest BCUT2D eigenvalue weighted by atomic mass is 10.1. The van der Waals surface area contributed by atoms with E-state index in [9.17, 15) is 8.42 Å². The summed E-state index contributed by atoms with van der Waals surface area (Å²) in [6.07, 6.45) is 0. The Balaban J connectivity index is 1.99. The Kier molecular flexibility index (Phi) is 3.49. The molecule has 0 saturated carbocycles. The van der Waals surface area contributed by atoms with Crippen molar-refractivity contribution in [2.45, 2.75) is 9.92 Å². The van der Waals surface area contributed by atoms with E-state index in [4.69, 9.17) is 5.26 Å². The van der Waals surface area contributed by atoms with Gasteiger partial charge in [0.15, 0.2) is 5.03 Å². The number of hydrogen-bond acceptors (Lipinski definition) is 4. The lowest BCUT2D eigenvalue weighted by molar-refractivity contribution is 0.592. The molecule has 22 heavy (non-hydrogen) atoms. The average molecular weight is 309 g/mol. The first-order valence-corrected chi connectivity index (χ1v) is 7.95. The molecule has 0 bridgehead atoms. The van der Waals surface area contributed by atoms with E-state index in [1.807, 2.05) is 6.07 Å². The molecule has 0 fully saturated rings. The van der Waals surface area contributed by atoms with Gasteiger partial charge in [-0.3, -0.25) is 5.10 Å². The van der Waals surface area contributed by atoms with E-state index in [0.717, 1.165) is 5.56 Å². The number of benzene rings is 2. The molecule has 2 aromatic carbocycles. The predicted octanol–water partition coefficient (Wildman–Crippen LogP) is 2.78. The van der Waals surface area contributed by atoms with Gasteiger partial charge in [-0.2, -0.15) is 10.4 Å². The summed E-state index contributed by atoms with van der Waals surface area (Å²) in [6, 6.07) is 18.5. The second kappa shape index (κ2) is 5.47. The summed E-state index contributed by atoms with van der Waals surface area (Å²) in [5, 5.41) is 15.4. The minimum absolute atomic E-state index is 0.0399. The number of nitrogens with zero attached hydrogens (tertiary/aromatic N) is 2. The Bertz CT molecular complexity index is 937. The van der Waals surface area contributed by atoms with Gasteiger partial charge in [-0.25, -0.2) is 8.42 Å². The SMILES string of the molecule is N#Cc1ccc(-c2cc(S(=O)(=O)c3ccccc3)[nH]n2)cc1. The fraction of sp³-hybridized carbons (Fsp3) is 0. The summed E-state index contributed by atoms with van der Waals surface area (Å²) < 4.78 is 24.9. The number of rotatable bonds is 3. The van der Waals surface area contributed by atoms with Crippen molar-refractivity contribution >= 4 is 9.84 Å². The molecule has 0 aliphatic rings. The number of hydrogen-bond donors (Lipinski definition) is 1. The minimum Gasteiger partial charge on any atom is -0.266 e. The van der Waals surface area contributed by atoms with Gasteiger partial charge in [0.05, 0.1) is 22.2 Å². The van der Waals surface area contributed by atoms with Crippen LogP contribution in [0.2, 0.25) is 0 Å². The monoisotopic (exact) mass is 309 g/mol. The standard InChI is InChI=1S/C16H11N3O2S/c17-11-12-6-8-13(9-7-12)15-10-16(19-18-15)22(20,21)14-4-2-1-3-5-14/h1-10H,(H,18,19). The van der Waals surface area contributed by atoms with Gasteiger partial charge in [-0.1, -0.05) is 30.3 Å². The predicted molar refractivity (Wildman–Crippen MR) is 80.6 cm³/mol. The second-order valence-corrected chi connectivity index (χ2v) is 6.54. The highest BCUT2D eigenvalue weighted by atomic mass is 32.2. The highest BCUT2D eigenvalue weighted by Crippen LogP contribution is 2.24. The molecule has 0 aliphatic carbocycles. The molecule has 1 aromatic heterocycles. The van der Waals surface area contributed by atoms with Gasteiger partial charge in [0.25, 0.3) is 0 Å². The number of aromatic nitrogens is 2. The molecule has 0 aliphatic heterocycles. The summed E-state index contributed by atoms with van der Waals surface area (Å²) in [7, 11) is -3.61. The quantitative estimate of drug-likeness (QED) is 0.806. The highest BCUT2D eigenvalue weighted by molar-refractivity contribution is 7.91. The van der Waals surface area contributed by atoms with Gasteiger partial charge < -0.3 is 0 Å². The van der Waals surface area contributed by atoms with Gasteiger partial charge in [0, 0.05) is 11.6 Å². The Morgan fingerprint density at radius 2 is 1.68 bits per heavy atom. The fourth-order valence-electron chi connectivity index (χ4n) is 2.03. The van der Waals surface area contributed by atoms with Crippen molar-refractivity contribution < 1.29 is 8.42 Å². The molecule has 0 atom stereocenters. The largest absolute Gasteiger partial charge is 0.266 e. The van der Waals surface area contributed by atoms with Crippen LogP contribution in [-0.2, 0) is 9.84 Å². The third kappa shape index (κ3) is 2.50. The molecule has 0 saturated heterocycles. The molecule has 0 radical (unpaired) electrons. The summed E-state index contributed by atoms with van der Waals surface area (Å²) in [5.74, 6) is 0. The molecule has 5 nitrogen and oxygen atoms in total. The van der Waals surface area contributed by atoms with Crippen LogP contribution in [0.25, 0.3) is 11.3 Å². The molecule has 0 spiro atoms. The lowest BCUT2D eigenvalue weighted by Gasteiger charge is -2.00. The molecule has 3 rings (SSSR count). The molecule has 108 valence electrons. The van der Waals surface area contributed by atoms with Crippen LogP contribution in [0, 0.1) is 11.3 Å². The molecule has 3 aromatic rings. The highest BCUT2D eigenvalue weighted by Gasteiger charge is 2.20. The van der Waals surface area contributed by atoms with Crippen molar-refractivity contribution in [2.24, 2.45) is 0 Å². The summed E-state index contributed by atoms with van der Waals surface area (Å²) in [6.45, 7) is 0. The smallest absolute Gasteiger partial charge is 0.223 e. The van der Waals surface area contributed by atoms with Crippen LogP contribution in [0.5, 0.6) is 0 Å². The van der Waals surface area contributed by atoms with Gasteiger partial charge in [0.2, 0.25) is 9.84 Å². The Morgan fingerprint density at radius 1 is 1.00 bits per heavy atom. The Hall–Kier alpha value is -2.91. The van der Waals surface area contributed by atoms with Crippen LogP contribution < -0.4 is 0 Å².